The van der Waals surface area contributed by atoms with E-state index in [9.17, 15) is 4.79 Å². The van der Waals surface area contributed by atoms with Crippen molar-refractivity contribution in [3.05, 3.63) is 54.6 Å². The first-order valence-corrected chi connectivity index (χ1v) is 4.63. The van der Waals surface area contributed by atoms with Crippen LogP contribution in [0.5, 0.6) is 0 Å². The van der Waals surface area contributed by atoms with Gasteiger partial charge < -0.3 is 0 Å². The average Bonchev–Trinajstić information content (AvgIpc) is 2.31. The first-order valence-electron chi connectivity index (χ1n) is 4.63. The van der Waals surface area contributed by atoms with Gasteiger partial charge in [0.15, 0.2) is 12.4 Å². The highest BCUT2D eigenvalue weighted by atomic mass is 16.1. The molecule has 0 fully saturated rings. The molecule has 1 aliphatic heterocycles. The number of nitrogens with two attached hydrogens (primary N) is 1. The minimum absolute atomic E-state index is 0.238. The third-order valence-electron chi connectivity index (χ3n) is 1.94. The molecule has 15 heavy (non-hydrogen) atoms. The number of aromatic amines is 1. The Hall–Kier alpha value is -2.07. The largest absolute Gasteiger partial charge is 0.294 e. The van der Waals surface area contributed by atoms with Crippen LogP contribution in [0.4, 0.5) is 0 Å². The zero-order valence-corrected chi connectivity index (χ0v) is 8.05. The van der Waals surface area contributed by atoms with Gasteiger partial charge >= 0.3 is 0 Å². The van der Waals surface area contributed by atoms with Crippen LogP contribution in [0.1, 0.15) is 10.4 Å². The van der Waals surface area contributed by atoms with Crippen LogP contribution in [-0.4, -0.2) is 11.6 Å². The Kier molecular flexibility index (Phi) is 2.80. The molecule has 0 radical (unpaired) electrons. The van der Waals surface area contributed by atoms with Crippen LogP contribution in [0, 0.1) is 0 Å². The summed E-state index contributed by atoms with van der Waals surface area (Å²) < 4.78 is 0. The molecule has 0 aromatic carbocycles. The fourth-order valence-electron chi connectivity index (χ4n) is 1.21. The van der Waals surface area contributed by atoms with Crippen molar-refractivity contribution in [3.8, 4) is 0 Å². The molecule has 2 rings (SSSR count). The van der Waals surface area contributed by atoms with E-state index in [1.165, 1.54) is 0 Å². The number of hydrogen-bond acceptors (Lipinski definition) is 1. The smallest absolute Gasteiger partial charge is 0.283 e. The molecule has 0 saturated carbocycles. The number of quaternary nitrogens is 1. The molecule has 1 amide bonds. The Morgan fingerprint density at radius 2 is 2.13 bits per heavy atom. The van der Waals surface area contributed by atoms with Gasteiger partial charge in [0.2, 0.25) is 0 Å². The molecule has 4 nitrogen and oxygen atoms in total. The van der Waals surface area contributed by atoms with E-state index in [1.54, 1.807) is 36.7 Å². The van der Waals surface area contributed by atoms with Crippen molar-refractivity contribution in [2.45, 2.75) is 0 Å². The number of amides is 1. The highest BCUT2D eigenvalue weighted by molar-refractivity contribution is 6.12. The van der Waals surface area contributed by atoms with Gasteiger partial charge in [-0.05, 0) is 6.07 Å². The number of allylic oxidation sites excluding steroid dienone is 2. The predicted octanol–water partition coefficient (Wildman–Crippen LogP) is -0.314. The van der Waals surface area contributed by atoms with Gasteiger partial charge in [-0.25, -0.2) is 9.98 Å². The van der Waals surface area contributed by atoms with E-state index in [0.717, 1.165) is 0 Å². The van der Waals surface area contributed by atoms with Crippen molar-refractivity contribution in [3.63, 3.8) is 0 Å². The lowest BCUT2D eigenvalue weighted by Crippen LogP contribution is -2.71. The van der Waals surface area contributed by atoms with Gasteiger partial charge in [0.25, 0.3) is 5.91 Å². The van der Waals surface area contributed by atoms with Gasteiger partial charge in [0.05, 0.1) is 18.1 Å². The van der Waals surface area contributed by atoms with Crippen LogP contribution in [0.15, 0.2) is 54.1 Å². The molecule has 2 heterocycles. The summed E-state index contributed by atoms with van der Waals surface area (Å²) in [4.78, 5) is 18.4. The lowest BCUT2D eigenvalue weighted by molar-refractivity contribution is -0.514. The fourth-order valence-corrected chi connectivity index (χ4v) is 1.21. The predicted molar refractivity (Wildman–Crippen MR) is 55.0 cm³/mol. The summed E-state index contributed by atoms with van der Waals surface area (Å²) in [6.07, 6.45) is 10.7. The summed E-state index contributed by atoms with van der Waals surface area (Å²) in [5.41, 5.74) is 1.23. The summed E-state index contributed by atoms with van der Waals surface area (Å²) in [6, 6.07) is 3.50. The van der Waals surface area contributed by atoms with Gasteiger partial charge in [-0.2, -0.15) is 0 Å². The summed E-state index contributed by atoms with van der Waals surface area (Å²) in [5.74, 6) is -0.238. The Bertz CT molecular complexity index is 432. The standard InChI is InChI=1S/C11H9N3O/c15-11(9-2-1-5-13-8-9)14-10-3-6-12-7-4-10/h1-8H,(H,12,14,15)/p+2. The van der Waals surface area contributed by atoms with E-state index >= 15 is 0 Å². The molecule has 0 atom stereocenters. The van der Waals surface area contributed by atoms with Gasteiger partial charge in [-0.3, -0.25) is 10.1 Å². The van der Waals surface area contributed by atoms with Crippen LogP contribution in [-0.2, 0) is 0 Å². The Balaban J connectivity index is 2.19. The summed E-state index contributed by atoms with van der Waals surface area (Å²) in [5, 5.41) is 1.89. The zero-order valence-electron chi connectivity index (χ0n) is 8.05. The number of carbonyl (C=O) groups excluding carboxylic acids is 1. The highest BCUT2D eigenvalue weighted by Gasteiger charge is 2.07. The van der Waals surface area contributed by atoms with E-state index in [0.29, 0.717) is 11.3 Å². The van der Waals surface area contributed by atoms with Crippen LogP contribution in [0.3, 0.4) is 0 Å². The molecule has 0 spiro atoms. The fraction of sp³-hybridized carbons (Fsp3) is 0. The van der Waals surface area contributed by atoms with Gasteiger partial charge in [-0.1, -0.05) is 0 Å². The van der Waals surface area contributed by atoms with Gasteiger partial charge in [0.1, 0.15) is 5.56 Å². The third-order valence-corrected chi connectivity index (χ3v) is 1.94. The summed E-state index contributed by atoms with van der Waals surface area (Å²) in [7, 11) is 0. The van der Waals surface area contributed by atoms with Crippen molar-refractivity contribution in [2.75, 3.05) is 0 Å². The molecule has 1 aromatic heterocycles. The third kappa shape index (κ3) is 2.45. The van der Waals surface area contributed by atoms with Crippen LogP contribution in [0.2, 0.25) is 0 Å². The van der Waals surface area contributed by atoms with Crippen LogP contribution in [0.25, 0.3) is 0 Å². The number of nitrogens with zero attached hydrogens (tertiary/aromatic N) is 1. The minimum atomic E-state index is -0.238. The molecular weight excluding hydrogens is 190 g/mol. The van der Waals surface area contributed by atoms with E-state index in [2.05, 4.69) is 9.98 Å². The summed E-state index contributed by atoms with van der Waals surface area (Å²) >= 11 is 0. The molecule has 0 saturated heterocycles. The second kappa shape index (κ2) is 4.43. The van der Waals surface area contributed by atoms with E-state index in [-0.39, 0.29) is 5.91 Å². The van der Waals surface area contributed by atoms with Gasteiger partial charge in [0, 0.05) is 18.2 Å². The second-order valence-electron chi connectivity index (χ2n) is 3.04. The number of aromatic nitrogens is 1. The molecule has 1 aliphatic rings. The van der Waals surface area contributed by atoms with E-state index < -0.39 is 0 Å². The maximum absolute atomic E-state index is 11.6. The van der Waals surface area contributed by atoms with E-state index in [4.69, 9.17) is 0 Å². The monoisotopic (exact) mass is 201 g/mol. The number of hydrogen-bond donors (Lipinski definition) is 1. The SMILES string of the molecule is O=C(N=C1C=C[NH2+]C=C1)c1ccc[nH+]c1. The normalized spacial score (nSPS) is 14.0. The molecule has 1 aromatic rings. The molecular formula is C11H11N3O+2. The Morgan fingerprint density at radius 3 is 2.80 bits per heavy atom. The van der Waals surface area contributed by atoms with E-state index in [1.807, 2.05) is 17.7 Å². The first kappa shape index (κ1) is 9.48. The number of rotatable bonds is 1. The van der Waals surface area contributed by atoms with Crippen molar-refractivity contribution in [1.29, 1.82) is 0 Å². The van der Waals surface area contributed by atoms with Crippen molar-refractivity contribution in [2.24, 2.45) is 4.99 Å². The van der Waals surface area contributed by atoms with Crippen molar-refractivity contribution >= 4 is 11.6 Å². The molecule has 0 bridgehead atoms. The lowest BCUT2D eigenvalue weighted by Gasteiger charge is -1.96. The van der Waals surface area contributed by atoms with Crippen LogP contribution >= 0.6 is 0 Å². The number of H-pyrrole nitrogens is 1. The average molecular weight is 201 g/mol. The van der Waals surface area contributed by atoms with Crippen molar-refractivity contribution in [1.82, 2.24) is 0 Å². The number of nitrogens with one attached hydrogen (secondary N) is 1. The topological polar surface area (TPSA) is 60.2 Å². The molecule has 74 valence electrons. The lowest BCUT2D eigenvalue weighted by atomic mass is 10.2. The number of carbonyl (C=O) groups is 1. The number of pyridine rings is 1. The summed E-state index contributed by atoms with van der Waals surface area (Å²) in [6.45, 7) is 0. The maximum atomic E-state index is 11.6. The van der Waals surface area contributed by atoms with Crippen LogP contribution < -0.4 is 10.3 Å². The molecule has 0 aliphatic carbocycles. The maximum Gasteiger partial charge on any atom is 0.283 e. The first-order chi connectivity index (χ1) is 7.36. The Morgan fingerprint density at radius 1 is 1.33 bits per heavy atom. The zero-order chi connectivity index (χ0) is 10.5. The highest BCUT2D eigenvalue weighted by Crippen LogP contribution is 1.98. The second-order valence-corrected chi connectivity index (χ2v) is 3.04. The molecule has 4 heteroatoms. The van der Waals surface area contributed by atoms with Gasteiger partial charge in [-0.15, -0.1) is 0 Å². The Labute approximate surface area is 87.1 Å². The molecule has 0 unspecified atom stereocenters. The molecule has 3 N–H and O–H groups in total. The number of aliphatic imine (C=N–C) groups is 1. The van der Waals surface area contributed by atoms with Crippen molar-refractivity contribution < 1.29 is 15.1 Å². The quantitative estimate of drug-likeness (QED) is 0.665. The minimum Gasteiger partial charge on any atom is -0.294 e.